The van der Waals surface area contributed by atoms with Crippen molar-refractivity contribution in [2.45, 2.75) is 57.9 Å². The fraction of sp³-hybridized carbons (Fsp3) is 0.750. The van der Waals surface area contributed by atoms with Crippen LogP contribution in [0.25, 0.3) is 0 Å². The molecule has 1 aromatic heterocycles. The predicted octanol–water partition coefficient (Wildman–Crippen LogP) is 3.40. The topological polar surface area (TPSA) is 37.8 Å². The third kappa shape index (κ3) is 2.26. The predicted molar refractivity (Wildman–Crippen MR) is 68.9 cm³/mol. The summed E-state index contributed by atoms with van der Waals surface area (Å²) in [7, 11) is 0. The fourth-order valence-electron chi connectivity index (χ4n) is 2.49. The molecule has 90 valence electrons. The lowest BCUT2D eigenvalue weighted by atomic mass is 10.1. The Kier molecular flexibility index (Phi) is 3.90. The Bertz CT molecular complexity index is 400. The maximum absolute atomic E-state index is 12.0. The van der Waals surface area contributed by atoms with Gasteiger partial charge in [0.15, 0.2) is 0 Å². The van der Waals surface area contributed by atoms with Crippen molar-refractivity contribution in [2.75, 3.05) is 0 Å². The molecule has 0 saturated heterocycles. The van der Waals surface area contributed by atoms with Gasteiger partial charge in [0.25, 0.3) is 5.56 Å². The second-order valence-corrected chi connectivity index (χ2v) is 5.37. The lowest BCUT2D eigenvalue weighted by Crippen LogP contribution is -2.22. The number of H-pyrrole nitrogens is 1. The van der Waals surface area contributed by atoms with E-state index in [4.69, 9.17) is 0 Å². The van der Waals surface area contributed by atoms with E-state index in [0.717, 1.165) is 29.4 Å². The van der Waals surface area contributed by atoms with E-state index < -0.39 is 0 Å². The lowest BCUT2D eigenvalue weighted by molar-refractivity contribution is 0.394. The molecule has 1 aliphatic rings. The molecule has 2 rings (SSSR count). The fourth-order valence-corrected chi connectivity index (χ4v) is 3.05. The van der Waals surface area contributed by atoms with Crippen molar-refractivity contribution in [1.29, 1.82) is 0 Å². The van der Waals surface area contributed by atoms with Crippen LogP contribution in [0.4, 0.5) is 0 Å². The third-order valence-corrected chi connectivity index (χ3v) is 4.29. The molecule has 1 fully saturated rings. The summed E-state index contributed by atoms with van der Waals surface area (Å²) in [6.45, 7) is 2.06. The van der Waals surface area contributed by atoms with E-state index in [2.05, 4.69) is 28.0 Å². The average molecular weight is 287 g/mol. The van der Waals surface area contributed by atoms with E-state index in [-0.39, 0.29) is 5.56 Å². The van der Waals surface area contributed by atoms with E-state index in [0.29, 0.717) is 6.04 Å². The van der Waals surface area contributed by atoms with Gasteiger partial charge < -0.3 is 0 Å². The number of aromatic nitrogens is 2. The van der Waals surface area contributed by atoms with Crippen molar-refractivity contribution in [3.8, 4) is 0 Å². The summed E-state index contributed by atoms with van der Waals surface area (Å²) in [6.07, 6.45) is 8.26. The molecule has 4 heteroatoms. The molecule has 1 heterocycles. The molecular formula is C12H19BrN2O. The first-order valence-corrected chi connectivity index (χ1v) is 7.02. The molecule has 0 unspecified atom stereocenters. The Hall–Kier alpha value is -0.510. The molecule has 16 heavy (non-hydrogen) atoms. The van der Waals surface area contributed by atoms with Crippen LogP contribution in [0.2, 0.25) is 0 Å². The number of nitrogens with zero attached hydrogens (tertiary/aromatic N) is 1. The number of halogens is 1. The monoisotopic (exact) mass is 286 g/mol. The normalized spacial score (nSPS) is 18.6. The molecule has 0 atom stereocenters. The van der Waals surface area contributed by atoms with Crippen molar-refractivity contribution < 1.29 is 0 Å². The van der Waals surface area contributed by atoms with Crippen molar-refractivity contribution in [3.63, 3.8) is 0 Å². The van der Waals surface area contributed by atoms with Crippen LogP contribution in [-0.4, -0.2) is 9.78 Å². The highest BCUT2D eigenvalue weighted by molar-refractivity contribution is 9.10. The van der Waals surface area contributed by atoms with Crippen LogP contribution in [0.3, 0.4) is 0 Å². The Morgan fingerprint density at radius 3 is 2.44 bits per heavy atom. The van der Waals surface area contributed by atoms with Crippen LogP contribution in [0, 0.1) is 0 Å². The molecule has 0 radical (unpaired) electrons. The average Bonchev–Trinajstić information content (AvgIpc) is 2.52. The summed E-state index contributed by atoms with van der Waals surface area (Å²) >= 11 is 3.38. The Morgan fingerprint density at radius 1 is 1.31 bits per heavy atom. The molecule has 1 aromatic rings. The Morgan fingerprint density at radius 2 is 1.94 bits per heavy atom. The lowest BCUT2D eigenvalue weighted by Gasteiger charge is -2.14. The van der Waals surface area contributed by atoms with Crippen molar-refractivity contribution >= 4 is 15.9 Å². The summed E-state index contributed by atoms with van der Waals surface area (Å²) < 4.78 is 2.56. The highest BCUT2D eigenvalue weighted by atomic mass is 79.9. The minimum atomic E-state index is 0.115. The van der Waals surface area contributed by atoms with Crippen LogP contribution < -0.4 is 5.56 Å². The zero-order valence-corrected chi connectivity index (χ0v) is 11.3. The Balaban J connectivity index is 2.28. The van der Waals surface area contributed by atoms with Gasteiger partial charge in [-0.25, -0.2) is 4.68 Å². The first-order chi connectivity index (χ1) is 7.74. The van der Waals surface area contributed by atoms with Crippen LogP contribution in [0.1, 0.15) is 57.2 Å². The number of hydrogen-bond donors (Lipinski definition) is 1. The first kappa shape index (κ1) is 12.0. The second-order valence-electron chi connectivity index (χ2n) is 4.58. The molecule has 0 amide bonds. The zero-order chi connectivity index (χ0) is 11.5. The molecular weight excluding hydrogens is 268 g/mol. The van der Waals surface area contributed by atoms with Gasteiger partial charge >= 0.3 is 0 Å². The van der Waals surface area contributed by atoms with Gasteiger partial charge in [-0.15, -0.1) is 0 Å². The third-order valence-electron chi connectivity index (χ3n) is 3.47. The smallest absolute Gasteiger partial charge is 0.281 e. The van der Waals surface area contributed by atoms with Gasteiger partial charge in [-0.1, -0.05) is 32.6 Å². The van der Waals surface area contributed by atoms with Gasteiger partial charge in [0, 0.05) is 0 Å². The molecule has 0 bridgehead atoms. The minimum Gasteiger partial charge on any atom is -0.298 e. The summed E-state index contributed by atoms with van der Waals surface area (Å²) in [5.74, 6) is 0. The standard InChI is InChI=1S/C12H19BrN2O/c1-2-10-11(13)12(16)15(14-10)9-7-5-3-4-6-8-9/h9,14H,2-8H2,1H3. The molecule has 0 aliphatic heterocycles. The van der Waals surface area contributed by atoms with E-state index in [1.165, 1.54) is 25.7 Å². The maximum atomic E-state index is 12.0. The number of hydrogen-bond acceptors (Lipinski definition) is 1. The van der Waals surface area contributed by atoms with Crippen molar-refractivity contribution in [1.82, 2.24) is 9.78 Å². The molecule has 0 aromatic carbocycles. The molecule has 0 spiro atoms. The van der Waals surface area contributed by atoms with E-state index in [1.807, 2.05) is 4.68 Å². The largest absolute Gasteiger partial charge is 0.298 e. The zero-order valence-electron chi connectivity index (χ0n) is 9.76. The summed E-state index contributed by atoms with van der Waals surface area (Å²) in [4.78, 5) is 12.0. The van der Waals surface area contributed by atoms with Gasteiger partial charge in [-0.2, -0.15) is 0 Å². The van der Waals surface area contributed by atoms with Crippen LogP contribution in [0.5, 0.6) is 0 Å². The first-order valence-electron chi connectivity index (χ1n) is 6.23. The Labute approximate surface area is 104 Å². The quantitative estimate of drug-likeness (QED) is 0.832. The maximum Gasteiger partial charge on any atom is 0.281 e. The number of aryl methyl sites for hydroxylation is 1. The van der Waals surface area contributed by atoms with Gasteiger partial charge in [-0.05, 0) is 35.2 Å². The van der Waals surface area contributed by atoms with Gasteiger partial charge in [0.2, 0.25) is 0 Å². The van der Waals surface area contributed by atoms with Gasteiger partial charge in [-0.3, -0.25) is 9.89 Å². The number of nitrogens with one attached hydrogen (secondary N) is 1. The van der Waals surface area contributed by atoms with E-state index in [1.54, 1.807) is 0 Å². The van der Waals surface area contributed by atoms with Crippen LogP contribution in [0.15, 0.2) is 9.27 Å². The number of aromatic amines is 1. The summed E-state index contributed by atoms with van der Waals surface area (Å²) in [5.41, 5.74) is 1.14. The summed E-state index contributed by atoms with van der Waals surface area (Å²) in [5, 5.41) is 3.25. The van der Waals surface area contributed by atoms with Gasteiger partial charge in [0.05, 0.1) is 11.7 Å². The van der Waals surface area contributed by atoms with Crippen molar-refractivity contribution in [3.05, 3.63) is 20.5 Å². The van der Waals surface area contributed by atoms with Crippen LogP contribution in [-0.2, 0) is 6.42 Å². The molecule has 3 nitrogen and oxygen atoms in total. The molecule has 1 saturated carbocycles. The second kappa shape index (κ2) is 5.21. The molecule has 1 N–H and O–H groups in total. The highest BCUT2D eigenvalue weighted by Crippen LogP contribution is 2.26. The van der Waals surface area contributed by atoms with Crippen molar-refractivity contribution in [2.24, 2.45) is 0 Å². The van der Waals surface area contributed by atoms with Crippen LogP contribution >= 0.6 is 15.9 Å². The molecule has 1 aliphatic carbocycles. The summed E-state index contributed by atoms with van der Waals surface area (Å²) in [6, 6.07) is 0.381. The highest BCUT2D eigenvalue weighted by Gasteiger charge is 2.19. The van der Waals surface area contributed by atoms with Gasteiger partial charge in [0.1, 0.15) is 4.47 Å². The van der Waals surface area contributed by atoms with E-state index in [9.17, 15) is 4.79 Å². The SMILES string of the molecule is CCc1[nH]n(C2CCCCCC2)c(=O)c1Br. The van der Waals surface area contributed by atoms with E-state index >= 15 is 0 Å². The minimum absolute atomic E-state index is 0.115. The number of rotatable bonds is 2.